The van der Waals surface area contributed by atoms with Gasteiger partial charge in [-0.15, -0.1) is 0 Å². The quantitative estimate of drug-likeness (QED) is 0.850. The highest BCUT2D eigenvalue weighted by Gasteiger charge is 2.38. The number of carbonyl (C=O) groups excluding carboxylic acids is 1. The molecule has 6 nitrogen and oxygen atoms in total. The fourth-order valence-electron chi connectivity index (χ4n) is 3.28. The fraction of sp³-hybridized carbons (Fsp3) is 0.412. The van der Waals surface area contributed by atoms with E-state index in [9.17, 15) is 4.79 Å². The molecule has 0 aliphatic carbocycles. The zero-order chi connectivity index (χ0) is 16.2. The second-order valence-corrected chi connectivity index (χ2v) is 6.08. The highest BCUT2D eigenvalue weighted by Crippen LogP contribution is 2.26. The van der Waals surface area contributed by atoms with E-state index >= 15 is 0 Å². The number of carbonyl (C=O) groups is 1. The molecule has 0 saturated carbocycles. The van der Waals surface area contributed by atoms with Crippen LogP contribution in [0.5, 0.6) is 0 Å². The van der Waals surface area contributed by atoms with Crippen LogP contribution in [0.2, 0.25) is 0 Å². The molecule has 1 aliphatic rings. The normalized spacial score (nSPS) is 20.9. The number of aromatic nitrogens is 3. The van der Waals surface area contributed by atoms with Crippen LogP contribution in [-0.4, -0.2) is 63.6 Å². The summed E-state index contributed by atoms with van der Waals surface area (Å²) in [5, 5.41) is 7.57. The van der Waals surface area contributed by atoms with E-state index in [1.165, 1.54) is 11.8 Å². The molecule has 0 spiro atoms. The van der Waals surface area contributed by atoms with Gasteiger partial charge in [0.2, 0.25) is 0 Å². The van der Waals surface area contributed by atoms with E-state index in [0.717, 1.165) is 19.4 Å². The zero-order valence-electron chi connectivity index (χ0n) is 13.5. The number of likely N-dealkylation sites (N-methyl/N-ethyl adjacent to an activating group) is 1. The van der Waals surface area contributed by atoms with Crippen LogP contribution in [0.4, 0.5) is 0 Å². The van der Waals surface area contributed by atoms with Crippen LogP contribution in [0.1, 0.15) is 22.3 Å². The SMILES string of the molecule is CN(C)[C@@H]1CCN(C(=O)c2ccnnc2)[C@H]1Cc1ccncc1. The summed E-state index contributed by atoms with van der Waals surface area (Å²) in [6.45, 7) is 0.764. The number of nitrogens with zero attached hydrogens (tertiary/aromatic N) is 5. The molecule has 0 unspecified atom stereocenters. The van der Waals surface area contributed by atoms with Gasteiger partial charge >= 0.3 is 0 Å². The average molecular weight is 311 g/mol. The predicted molar refractivity (Wildman–Crippen MR) is 86.9 cm³/mol. The molecule has 2 atom stereocenters. The lowest BCUT2D eigenvalue weighted by atomic mass is 10.00. The molecule has 2 aromatic heterocycles. The Morgan fingerprint density at radius 1 is 1.22 bits per heavy atom. The van der Waals surface area contributed by atoms with Crippen molar-refractivity contribution in [1.29, 1.82) is 0 Å². The van der Waals surface area contributed by atoms with Crippen LogP contribution in [0.15, 0.2) is 43.0 Å². The van der Waals surface area contributed by atoms with E-state index in [2.05, 4.69) is 34.2 Å². The number of amides is 1. The van der Waals surface area contributed by atoms with E-state index in [4.69, 9.17) is 0 Å². The molecule has 3 rings (SSSR count). The lowest BCUT2D eigenvalue weighted by Gasteiger charge is -2.31. The number of rotatable bonds is 4. The van der Waals surface area contributed by atoms with Gasteiger partial charge in [-0.1, -0.05) is 0 Å². The molecule has 2 aromatic rings. The Morgan fingerprint density at radius 3 is 2.65 bits per heavy atom. The third-order valence-electron chi connectivity index (χ3n) is 4.46. The zero-order valence-corrected chi connectivity index (χ0v) is 13.5. The Balaban J connectivity index is 1.85. The number of likely N-dealkylation sites (tertiary alicyclic amines) is 1. The topological polar surface area (TPSA) is 62.2 Å². The minimum atomic E-state index is 0.0308. The first-order valence-electron chi connectivity index (χ1n) is 7.80. The molecule has 0 N–H and O–H groups in total. The van der Waals surface area contributed by atoms with Crippen molar-refractivity contribution in [3.8, 4) is 0 Å². The average Bonchev–Trinajstić information content (AvgIpc) is 2.99. The highest BCUT2D eigenvalue weighted by molar-refractivity contribution is 5.94. The van der Waals surface area contributed by atoms with Crippen molar-refractivity contribution in [2.75, 3.05) is 20.6 Å². The molecule has 0 aromatic carbocycles. The molecule has 3 heterocycles. The smallest absolute Gasteiger partial charge is 0.255 e. The molecule has 0 radical (unpaired) electrons. The van der Waals surface area contributed by atoms with Crippen LogP contribution >= 0.6 is 0 Å². The second kappa shape index (κ2) is 6.83. The van der Waals surface area contributed by atoms with Crippen molar-refractivity contribution in [1.82, 2.24) is 25.0 Å². The van der Waals surface area contributed by atoms with Crippen molar-refractivity contribution in [2.45, 2.75) is 24.9 Å². The van der Waals surface area contributed by atoms with E-state index < -0.39 is 0 Å². The largest absolute Gasteiger partial charge is 0.334 e. The molecule has 0 bridgehead atoms. The molecule has 1 saturated heterocycles. The van der Waals surface area contributed by atoms with Crippen LogP contribution < -0.4 is 0 Å². The van der Waals surface area contributed by atoms with E-state index in [1.807, 2.05) is 17.0 Å². The third kappa shape index (κ3) is 3.37. The summed E-state index contributed by atoms with van der Waals surface area (Å²) in [4.78, 5) is 21.1. The fourth-order valence-corrected chi connectivity index (χ4v) is 3.28. The van der Waals surface area contributed by atoms with Gasteiger partial charge in [-0.3, -0.25) is 9.78 Å². The molecule has 1 aliphatic heterocycles. The lowest BCUT2D eigenvalue weighted by molar-refractivity contribution is 0.0704. The summed E-state index contributed by atoms with van der Waals surface area (Å²) in [5.41, 5.74) is 1.79. The molecule has 120 valence electrons. The van der Waals surface area contributed by atoms with Crippen LogP contribution in [0.25, 0.3) is 0 Å². The minimum Gasteiger partial charge on any atom is -0.334 e. The van der Waals surface area contributed by atoms with E-state index in [-0.39, 0.29) is 11.9 Å². The van der Waals surface area contributed by atoms with Gasteiger partial charge in [0.15, 0.2) is 0 Å². The number of pyridine rings is 1. The van der Waals surface area contributed by atoms with Gasteiger partial charge in [0.05, 0.1) is 24.0 Å². The van der Waals surface area contributed by atoms with Gasteiger partial charge in [0.25, 0.3) is 5.91 Å². The molecule has 1 fully saturated rings. The molecule has 1 amide bonds. The lowest BCUT2D eigenvalue weighted by Crippen LogP contribution is -2.45. The summed E-state index contributed by atoms with van der Waals surface area (Å²) in [7, 11) is 4.15. The van der Waals surface area contributed by atoms with Crippen LogP contribution in [0, 0.1) is 0 Å². The standard InChI is InChI=1S/C17H21N5O/c1-21(2)15-6-10-22(17(23)14-5-9-19-20-12-14)16(15)11-13-3-7-18-8-4-13/h3-5,7-9,12,15-16H,6,10-11H2,1-2H3/t15-,16+/m1/s1. The Kier molecular flexibility index (Phi) is 4.62. The molecular weight excluding hydrogens is 290 g/mol. The number of hydrogen-bond acceptors (Lipinski definition) is 5. The summed E-state index contributed by atoms with van der Waals surface area (Å²) in [6.07, 6.45) is 8.50. The Bertz CT molecular complexity index is 647. The molecule has 6 heteroatoms. The summed E-state index contributed by atoms with van der Waals surface area (Å²) >= 11 is 0. The van der Waals surface area contributed by atoms with E-state index in [1.54, 1.807) is 24.7 Å². The summed E-state index contributed by atoms with van der Waals surface area (Å²) < 4.78 is 0. The highest BCUT2D eigenvalue weighted by atomic mass is 16.2. The van der Waals surface area contributed by atoms with Gasteiger partial charge in [0, 0.05) is 25.0 Å². The first-order chi connectivity index (χ1) is 11.2. The van der Waals surface area contributed by atoms with Crippen molar-refractivity contribution in [3.05, 3.63) is 54.1 Å². The van der Waals surface area contributed by atoms with Gasteiger partial charge in [-0.25, -0.2) is 0 Å². The van der Waals surface area contributed by atoms with E-state index in [0.29, 0.717) is 11.6 Å². The Labute approximate surface area is 136 Å². The second-order valence-electron chi connectivity index (χ2n) is 6.08. The van der Waals surface area contributed by atoms with Crippen molar-refractivity contribution < 1.29 is 4.79 Å². The third-order valence-corrected chi connectivity index (χ3v) is 4.46. The Morgan fingerprint density at radius 2 is 2.00 bits per heavy atom. The summed E-state index contributed by atoms with van der Waals surface area (Å²) in [6, 6.07) is 6.25. The molecular formula is C17H21N5O. The predicted octanol–water partition coefficient (Wildman–Crippen LogP) is 1.26. The van der Waals surface area contributed by atoms with Crippen molar-refractivity contribution >= 4 is 5.91 Å². The first-order valence-corrected chi connectivity index (χ1v) is 7.80. The Hall–Kier alpha value is -2.34. The maximum absolute atomic E-state index is 12.8. The maximum Gasteiger partial charge on any atom is 0.255 e. The van der Waals surface area contributed by atoms with Crippen LogP contribution in [0.3, 0.4) is 0 Å². The van der Waals surface area contributed by atoms with Crippen molar-refractivity contribution in [2.24, 2.45) is 0 Å². The van der Waals surface area contributed by atoms with Gasteiger partial charge in [-0.2, -0.15) is 10.2 Å². The van der Waals surface area contributed by atoms with Gasteiger partial charge < -0.3 is 9.80 Å². The minimum absolute atomic E-state index is 0.0308. The number of hydrogen-bond donors (Lipinski definition) is 0. The van der Waals surface area contributed by atoms with Gasteiger partial charge in [-0.05, 0) is 50.7 Å². The first kappa shape index (κ1) is 15.6. The van der Waals surface area contributed by atoms with Gasteiger partial charge in [0.1, 0.15) is 0 Å². The van der Waals surface area contributed by atoms with Crippen LogP contribution in [-0.2, 0) is 6.42 Å². The maximum atomic E-state index is 12.8. The van der Waals surface area contributed by atoms with Crippen molar-refractivity contribution in [3.63, 3.8) is 0 Å². The monoisotopic (exact) mass is 311 g/mol. The molecule has 23 heavy (non-hydrogen) atoms. The summed E-state index contributed by atoms with van der Waals surface area (Å²) in [5.74, 6) is 0.0308.